The van der Waals surface area contributed by atoms with E-state index in [1.54, 1.807) is 12.1 Å². The molecule has 2 aromatic carbocycles. The third kappa shape index (κ3) is 4.78. The van der Waals surface area contributed by atoms with Crippen molar-refractivity contribution in [1.29, 1.82) is 0 Å². The molecule has 0 amide bonds. The van der Waals surface area contributed by atoms with E-state index in [1.165, 1.54) is 30.3 Å². The van der Waals surface area contributed by atoms with Gasteiger partial charge in [0.25, 0.3) is 5.69 Å². The van der Waals surface area contributed by atoms with Crippen LogP contribution in [0.1, 0.15) is 11.1 Å². The van der Waals surface area contributed by atoms with Crippen molar-refractivity contribution >= 4 is 37.5 Å². The van der Waals surface area contributed by atoms with Gasteiger partial charge in [-0.15, -0.1) is 0 Å². The van der Waals surface area contributed by atoms with E-state index < -0.39 is 14.8 Å². The number of nitrogens with zero attached hydrogens (tertiary/aromatic N) is 1. The zero-order valence-electron chi connectivity index (χ0n) is 11.3. The molecule has 0 aliphatic rings. The summed E-state index contributed by atoms with van der Waals surface area (Å²) in [7, 11) is -3.44. The van der Waals surface area contributed by atoms with E-state index in [4.69, 9.17) is 0 Å². The maximum atomic E-state index is 12.0. The highest BCUT2D eigenvalue weighted by molar-refractivity contribution is 9.10. The molecule has 114 valence electrons. The highest BCUT2D eigenvalue weighted by atomic mass is 79.9. The van der Waals surface area contributed by atoms with Gasteiger partial charge in [0.15, 0.2) is 9.84 Å². The predicted molar refractivity (Wildman–Crippen MR) is 88.9 cm³/mol. The molecule has 0 aromatic heterocycles. The molecular weight excluding hydrogens is 370 g/mol. The molecule has 0 fully saturated rings. The lowest BCUT2D eigenvalue weighted by Crippen LogP contribution is -2.00. The average Bonchev–Trinajstić information content (AvgIpc) is 2.47. The van der Waals surface area contributed by atoms with Crippen LogP contribution in [0.25, 0.3) is 6.08 Å². The first kappa shape index (κ1) is 16.4. The molecule has 0 aliphatic carbocycles. The molecule has 0 N–H and O–H groups in total. The van der Waals surface area contributed by atoms with E-state index >= 15 is 0 Å². The average molecular weight is 382 g/mol. The summed E-state index contributed by atoms with van der Waals surface area (Å²) in [5.41, 5.74) is 1.22. The standard InChI is InChI=1S/C15H12BrNO4S/c16-14-5-1-12(2-6-14)9-10-22(20,21)11-13-3-7-15(8-4-13)17(18)19/h1-10H,11H2/b10-9+. The minimum absolute atomic E-state index is 0.0634. The first-order valence-corrected chi connectivity index (χ1v) is 8.76. The maximum absolute atomic E-state index is 12.0. The summed E-state index contributed by atoms with van der Waals surface area (Å²) < 4.78 is 25.0. The van der Waals surface area contributed by atoms with E-state index in [9.17, 15) is 18.5 Å². The normalized spacial score (nSPS) is 11.7. The van der Waals surface area contributed by atoms with E-state index in [0.29, 0.717) is 5.56 Å². The van der Waals surface area contributed by atoms with Crippen LogP contribution in [0.5, 0.6) is 0 Å². The maximum Gasteiger partial charge on any atom is 0.269 e. The lowest BCUT2D eigenvalue weighted by Gasteiger charge is -2.00. The summed E-state index contributed by atoms with van der Waals surface area (Å²) in [6, 6.07) is 12.7. The number of nitro groups is 1. The Morgan fingerprint density at radius 3 is 2.18 bits per heavy atom. The molecule has 0 bridgehead atoms. The van der Waals surface area contributed by atoms with Crippen molar-refractivity contribution in [1.82, 2.24) is 0 Å². The van der Waals surface area contributed by atoms with Crippen molar-refractivity contribution in [2.45, 2.75) is 5.75 Å². The lowest BCUT2D eigenvalue weighted by atomic mass is 10.2. The van der Waals surface area contributed by atoms with Crippen molar-refractivity contribution in [3.63, 3.8) is 0 Å². The van der Waals surface area contributed by atoms with Crippen LogP contribution in [0, 0.1) is 10.1 Å². The smallest absolute Gasteiger partial charge is 0.258 e. The number of halogens is 1. The minimum atomic E-state index is -3.44. The van der Waals surface area contributed by atoms with Crippen molar-refractivity contribution in [2.75, 3.05) is 0 Å². The number of nitro benzene ring substituents is 1. The van der Waals surface area contributed by atoms with E-state index in [-0.39, 0.29) is 11.4 Å². The van der Waals surface area contributed by atoms with Gasteiger partial charge in [0.2, 0.25) is 0 Å². The number of non-ortho nitro benzene ring substituents is 1. The topological polar surface area (TPSA) is 77.3 Å². The highest BCUT2D eigenvalue weighted by Crippen LogP contribution is 2.16. The van der Waals surface area contributed by atoms with Crippen molar-refractivity contribution < 1.29 is 13.3 Å². The summed E-state index contributed by atoms with van der Waals surface area (Å²) in [5, 5.41) is 11.7. The highest BCUT2D eigenvalue weighted by Gasteiger charge is 2.10. The fraction of sp³-hybridized carbons (Fsp3) is 0.0667. The second kappa shape index (κ2) is 6.85. The number of benzene rings is 2. The monoisotopic (exact) mass is 381 g/mol. The first-order valence-electron chi connectivity index (χ1n) is 6.25. The zero-order valence-corrected chi connectivity index (χ0v) is 13.7. The van der Waals surface area contributed by atoms with Gasteiger partial charge in [0.05, 0.1) is 10.7 Å². The van der Waals surface area contributed by atoms with Gasteiger partial charge < -0.3 is 0 Å². The van der Waals surface area contributed by atoms with E-state index in [1.807, 2.05) is 12.1 Å². The molecular formula is C15H12BrNO4S. The summed E-state index contributed by atoms with van der Waals surface area (Å²) in [4.78, 5) is 10.0. The van der Waals surface area contributed by atoms with Crippen LogP contribution in [-0.2, 0) is 15.6 Å². The Morgan fingerprint density at radius 1 is 1.05 bits per heavy atom. The second-order valence-corrected chi connectivity index (χ2v) is 7.39. The number of sulfone groups is 1. The van der Waals surface area contributed by atoms with Crippen LogP contribution >= 0.6 is 15.9 Å². The zero-order chi connectivity index (χ0) is 16.2. The quantitative estimate of drug-likeness (QED) is 0.580. The molecule has 0 saturated heterocycles. The van der Waals surface area contributed by atoms with Crippen LogP contribution < -0.4 is 0 Å². The Balaban J connectivity index is 2.10. The Morgan fingerprint density at radius 2 is 1.64 bits per heavy atom. The lowest BCUT2D eigenvalue weighted by molar-refractivity contribution is -0.384. The Hall–Kier alpha value is -1.99. The van der Waals surface area contributed by atoms with E-state index in [0.717, 1.165) is 15.4 Å². The van der Waals surface area contributed by atoms with Gasteiger partial charge in [0, 0.05) is 22.0 Å². The van der Waals surface area contributed by atoms with Crippen LogP contribution in [0.4, 0.5) is 5.69 Å². The van der Waals surface area contributed by atoms with Crippen molar-refractivity contribution in [2.24, 2.45) is 0 Å². The molecule has 2 aromatic rings. The summed E-state index contributed by atoms with van der Waals surface area (Å²) in [5.74, 6) is -0.196. The molecule has 0 unspecified atom stereocenters. The summed E-state index contributed by atoms with van der Waals surface area (Å²) in [6.45, 7) is 0. The van der Waals surface area contributed by atoms with Gasteiger partial charge in [0.1, 0.15) is 0 Å². The summed E-state index contributed by atoms with van der Waals surface area (Å²) in [6.07, 6.45) is 1.52. The minimum Gasteiger partial charge on any atom is -0.258 e. The van der Waals surface area contributed by atoms with Crippen LogP contribution in [0.2, 0.25) is 0 Å². The van der Waals surface area contributed by atoms with Gasteiger partial charge in [-0.1, -0.05) is 40.2 Å². The number of hydrogen-bond donors (Lipinski definition) is 0. The third-order valence-corrected chi connectivity index (χ3v) is 4.67. The summed E-state index contributed by atoms with van der Waals surface area (Å²) >= 11 is 3.31. The molecule has 0 spiro atoms. The molecule has 22 heavy (non-hydrogen) atoms. The second-order valence-electron chi connectivity index (χ2n) is 4.59. The number of rotatable bonds is 5. The van der Waals surface area contributed by atoms with Gasteiger partial charge >= 0.3 is 0 Å². The largest absolute Gasteiger partial charge is 0.269 e. The van der Waals surface area contributed by atoms with Gasteiger partial charge in [-0.2, -0.15) is 0 Å². The molecule has 0 aliphatic heterocycles. The third-order valence-electron chi connectivity index (χ3n) is 2.85. The molecule has 0 heterocycles. The predicted octanol–water partition coefficient (Wildman–Crippen LogP) is 3.94. The Labute approximate surface area is 136 Å². The Bertz CT molecular complexity index is 796. The number of hydrogen-bond acceptors (Lipinski definition) is 4. The van der Waals surface area contributed by atoms with Gasteiger partial charge in [-0.05, 0) is 29.3 Å². The van der Waals surface area contributed by atoms with Crippen LogP contribution in [0.15, 0.2) is 58.4 Å². The molecule has 5 nitrogen and oxygen atoms in total. The van der Waals surface area contributed by atoms with Crippen LogP contribution in [-0.4, -0.2) is 13.3 Å². The van der Waals surface area contributed by atoms with Crippen molar-refractivity contribution in [3.8, 4) is 0 Å². The molecule has 0 saturated carbocycles. The molecule has 0 atom stereocenters. The molecule has 2 rings (SSSR count). The fourth-order valence-electron chi connectivity index (χ4n) is 1.75. The van der Waals surface area contributed by atoms with Crippen LogP contribution in [0.3, 0.4) is 0 Å². The molecule has 7 heteroatoms. The van der Waals surface area contributed by atoms with E-state index in [2.05, 4.69) is 15.9 Å². The Kier molecular flexibility index (Phi) is 5.10. The first-order chi connectivity index (χ1) is 10.4. The van der Waals surface area contributed by atoms with Gasteiger partial charge in [-0.25, -0.2) is 8.42 Å². The molecule has 0 radical (unpaired) electrons. The SMILES string of the molecule is O=[N+]([O-])c1ccc(CS(=O)(=O)/C=C/c2ccc(Br)cc2)cc1. The fourth-order valence-corrected chi connectivity index (χ4v) is 3.13. The van der Waals surface area contributed by atoms with Gasteiger partial charge in [-0.3, -0.25) is 10.1 Å². The van der Waals surface area contributed by atoms with Crippen molar-refractivity contribution in [3.05, 3.63) is 79.7 Å².